The first kappa shape index (κ1) is 17.3. The molecule has 1 aliphatic rings. The molecule has 130 valence electrons. The molecule has 26 heavy (non-hydrogen) atoms. The Morgan fingerprint density at radius 3 is 2.73 bits per heavy atom. The van der Waals surface area contributed by atoms with Crippen molar-refractivity contribution >= 4 is 49.9 Å². The molecular weight excluding hydrogens is 410 g/mol. The van der Waals surface area contributed by atoms with Crippen LogP contribution in [0.3, 0.4) is 0 Å². The summed E-state index contributed by atoms with van der Waals surface area (Å²) in [5, 5.41) is 2.80. The molecule has 0 aliphatic carbocycles. The number of anilines is 1. The van der Waals surface area contributed by atoms with Gasteiger partial charge in [-0.05, 0) is 40.1 Å². The van der Waals surface area contributed by atoms with Crippen LogP contribution in [0, 0.1) is 0 Å². The summed E-state index contributed by atoms with van der Waals surface area (Å²) in [6, 6.07) is 20.6. The standard InChI is InChI=1S/C22H17BrClNO/c1-14(24)13-25-20-10-9-15-5-2-3-8-18(15)22(20)19(12-21(25)26)16-6-4-7-17(23)11-16/h2-11,19H,1,12-13H2. The number of halogens is 2. The minimum absolute atomic E-state index is 0.0148. The van der Waals surface area contributed by atoms with Crippen molar-refractivity contribution in [2.45, 2.75) is 12.3 Å². The SMILES string of the molecule is C=C(Cl)CN1C(=O)CC(c2cccc(Br)c2)c2c1ccc1ccccc21. The van der Waals surface area contributed by atoms with Crippen molar-refractivity contribution in [3.8, 4) is 0 Å². The summed E-state index contributed by atoms with van der Waals surface area (Å²) in [6.07, 6.45) is 0.418. The number of amides is 1. The first-order chi connectivity index (χ1) is 12.5. The lowest BCUT2D eigenvalue weighted by Crippen LogP contribution is -2.37. The minimum atomic E-state index is 0.0148. The predicted molar refractivity (Wildman–Crippen MR) is 112 cm³/mol. The lowest BCUT2D eigenvalue weighted by molar-refractivity contribution is -0.119. The highest BCUT2D eigenvalue weighted by Gasteiger charge is 2.33. The summed E-state index contributed by atoms with van der Waals surface area (Å²) in [7, 11) is 0. The van der Waals surface area contributed by atoms with Gasteiger partial charge in [0, 0.05) is 27.5 Å². The Bertz CT molecular complexity index is 1030. The molecule has 4 rings (SSSR count). The maximum atomic E-state index is 12.9. The number of hydrogen-bond donors (Lipinski definition) is 0. The van der Waals surface area contributed by atoms with Gasteiger partial charge in [-0.2, -0.15) is 0 Å². The molecule has 0 N–H and O–H groups in total. The second kappa shape index (κ2) is 6.90. The van der Waals surface area contributed by atoms with Crippen LogP contribution in [0.4, 0.5) is 5.69 Å². The molecule has 0 saturated carbocycles. The zero-order valence-corrected chi connectivity index (χ0v) is 16.4. The Hall–Kier alpha value is -2.10. The fraction of sp³-hybridized carbons (Fsp3) is 0.136. The Labute approximate surface area is 166 Å². The summed E-state index contributed by atoms with van der Waals surface area (Å²) >= 11 is 9.59. The second-order valence-electron chi connectivity index (χ2n) is 6.53. The molecule has 0 saturated heterocycles. The highest BCUT2D eigenvalue weighted by atomic mass is 79.9. The molecule has 0 bridgehead atoms. The number of carbonyl (C=O) groups excluding carboxylic acids is 1. The highest BCUT2D eigenvalue weighted by molar-refractivity contribution is 9.10. The van der Waals surface area contributed by atoms with Crippen LogP contribution in [0.5, 0.6) is 0 Å². The van der Waals surface area contributed by atoms with Gasteiger partial charge in [0.05, 0.1) is 6.54 Å². The van der Waals surface area contributed by atoms with Crippen LogP contribution in [-0.2, 0) is 4.79 Å². The minimum Gasteiger partial charge on any atom is -0.307 e. The van der Waals surface area contributed by atoms with E-state index in [1.165, 1.54) is 16.3 Å². The molecule has 1 amide bonds. The van der Waals surface area contributed by atoms with Crippen molar-refractivity contribution in [1.82, 2.24) is 0 Å². The first-order valence-corrected chi connectivity index (χ1v) is 9.62. The number of carbonyl (C=O) groups is 1. The van der Waals surface area contributed by atoms with E-state index < -0.39 is 0 Å². The van der Waals surface area contributed by atoms with E-state index in [9.17, 15) is 4.79 Å². The van der Waals surface area contributed by atoms with Crippen molar-refractivity contribution in [2.75, 3.05) is 11.4 Å². The van der Waals surface area contributed by atoms with Crippen LogP contribution in [0.15, 0.2) is 76.7 Å². The zero-order chi connectivity index (χ0) is 18.3. The topological polar surface area (TPSA) is 20.3 Å². The number of benzene rings is 3. The van der Waals surface area contributed by atoms with Crippen molar-refractivity contribution < 1.29 is 4.79 Å². The third-order valence-corrected chi connectivity index (χ3v) is 5.46. The van der Waals surface area contributed by atoms with Crippen molar-refractivity contribution in [1.29, 1.82) is 0 Å². The monoisotopic (exact) mass is 425 g/mol. The summed E-state index contributed by atoms with van der Waals surface area (Å²) < 4.78 is 1.01. The second-order valence-corrected chi connectivity index (χ2v) is 7.98. The van der Waals surface area contributed by atoms with Crippen molar-refractivity contribution in [3.05, 3.63) is 87.9 Å². The summed E-state index contributed by atoms with van der Waals surface area (Å²) in [6.45, 7) is 4.10. The Morgan fingerprint density at radius 2 is 1.96 bits per heavy atom. The average molecular weight is 427 g/mol. The van der Waals surface area contributed by atoms with E-state index in [0.29, 0.717) is 18.0 Å². The fourth-order valence-corrected chi connectivity index (χ4v) is 4.30. The van der Waals surface area contributed by atoms with Crippen LogP contribution in [0.1, 0.15) is 23.5 Å². The van der Waals surface area contributed by atoms with Gasteiger partial charge < -0.3 is 4.90 Å². The average Bonchev–Trinajstić information content (AvgIpc) is 2.63. The van der Waals surface area contributed by atoms with Gasteiger partial charge in [-0.1, -0.05) is 76.6 Å². The van der Waals surface area contributed by atoms with E-state index in [2.05, 4.69) is 52.8 Å². The van der Waals surface area contributed by atoms with E-state index in [1.54, 1.807) is 4.90 Å². The van der Waals surface area contributed by atoms with E-state index in [1.807, 2.05) is 30.3 Å². The molecule has 3 aromatic carbocycles. The number of nitrogens with zero attached hydrogens (tertiary/aromatic N) is 1. The zero-order valence-electron chi connectivity index (χ0n) is 14.1. The van der Waals surface area contributed by atoms with E-state index in [-0.39, 0.29) is 11.8 Å². The fourth-order valence-electron chi connectivity index (χ4n) is 3.76. The van der Waals surface area contributed by atoms with Crippen molar-refractivity contribution in [3.63, 3.8) is 0 Å². The van der Waals surface area contributed by atoms with E-state index in [4.69, 9.17) is 11.6 Å². The molecule has 1 heterocycles. The summed E-state index contributed by atoms with van der Waals surface area (Å²) in [5.74, 6) is 0.0838. The predicted octanol–water partition coefficient (Wildman–Crippen LogP) is 6.22. The van der Waals surface area contributed by atoms with Gasteiger partial charge in [0.25, 0.3) is 0 Å². The highest BCUT2D eigenvalue weighted by Crippen LogP contribution is 2.44. The largest absolute Gasteiger partial charge is 0.307 e. The lowest BCUT2D eigenvalue weighted by Gasteiger charge is -2.35. The molecule has 1 aliphatic heterocycles. The molecule has 3 aromatic rings. The maximum Gasteiger partial charge on any atom is 0.228 e. The Morgan fingerprint density at radius 1 is 1.15 bits per heavy atom. The van der Waals surface area contributed by atoms with Crippen molar-refractivity contribution in [2.24, 2.45) is 0 Å². The van der Waals surface area contributed by atoms with Gasteiger partial charge in [-0.3, -0.25) is 4.79 Å². The molecular formula is C22H17BrClNO. The van der Waals surface area contributed by atoms with Crippen LogP contribution >= 0.6 is 27.5 Å². The lowest BCUT2D eigenvalue weighted by atomic mass is 9.81. The molecule has 4 heteroatoms. The van der Waals surface area contributed by atoms with E-state index >= 15 is 0 Å². The Balaban J connectivity index is 1.98. The third-order valence-electron chi connectivity index (χ3n) is 4.85. The smallest absolute Gasteiger partial charge is 0.228 e. The number of rotatable bonds is 3. The van der Waals surface area contributed by atoms with Gasteiger partial charge in [0.2, 0.25) is 5.91 Å². The van der Waals surface area contributed by atoms with E-state index in [0.717, 1.165) is 15.7 Å². The Kier molecular flexibility index (Phi) is 4.60. The third kappa shape index (κ3) is 3.06. The van der Waals surface area contributed by atoms with Gasteiger partial charge in [-0.25, -0.2) is 0 Å². The molecule has 0 aromatic heterocycles. The first-order valence-electron chi connectivity index (χ1n) is 8.45. The molecule has 1 unspecified atom stereocenters. The van der Waals surface area contributed by atoms with Crippen LogP contribution < -0.4 is 4.90 Å². The molecule has 0 fully saturated rings. The molecule has 2 nitrogen and oxygen atoms in total. The summed E-state index contributed by atoms with van der Waals surface area (Å²) in [5.41, 5.74) is 3.24. The van der Waals surface area contributed by atoms with Crippen LogP contribution in [0.2, 0.25) is 0 Å². The van der Waals surface area contributed by atoms with Gasteiger partial charge in [0.1, 0.15) is 0 Å². The van der Waals surface area contributed by atoms with Crippen LogP contribution in [-0.4, -0.2) is 12.5 Å². The molecule has 1 atom stereocenters. The summed E-state index contributed by atoms with van der Waals surface area (Å²) in [4.78, 5) is 14.7. The maximum absolute atomic E-state index is 12.9. The molecule has 0 spiro atoms. The molecule has 0 radical (unpaired) electrons. The normalized spacial score (nSPS) is 16.6. The van der Waals surface area contributed by atoms with Crippen LogP contribution in [0.25, 0.3) is 10.8 Å². The number of hydrogen-bond acceptors (Lipinski definition) is 1. The quantitative estimate of drug-likeness (QED) is 0.486. The van der Waals surface area contributed by atoms with Gasteiger partial charge >= 0.3 is 0 Å². The number of fused-ring (bicyclic) bond motifs is 3. The van der Waals surface area contributed by atoms with Gasteiger partial charge in [0.15, 0.2) is 0 Å². The van der Waals surface area contributed by atoms with Gasteiger partial charge in [-0.15, -0.1) is 0 Å².